The molecule has 0 aliphatic heterocycles. The van der Waals surface area contributed by atoms with Crippen molar-refractivity contribution in [2.75, 3.05) is 0 Å². The summed E-state index contributed by atoms with van der Waals surface area (Å²) in [6.45, 7) is 6.03. The summed E-state index contributed by atoms with van der Waals surface area (Å²) in [5, 5.41) is 6.56. The van der Waals surface area contributed by atoms with Gasteiger partial charge in [-0.1, -0.05) is 29.3 Å². The predicted octanol–water partition coefficient (Wildman–Crippen LogP) is 3.05. The van der Waals surface area contributed by atoms with Crippen LogP contribution in [0.1, 0.15) is 21.7 Å². The van der Waals surface area contributed by atoms with E-state index < -0.39 is 0 Å². The van der Waals surface area contributed by atoms with Gasteiger partial charge in [0, 0.05) is 24.7 Å². The fraction of sp³-hybridized carbons (Fsp3) is 0.308. The van der Waals surface area contributed by atoms with Gasteiger partial charge in [-0.2, -0.15) is 0 Å². The lowest BCUT2D eigenvalue weighted by atomic mass is 10.1. The first-order valence-corrected chi connectivity index (χ1v) is 6.28. The van der Waals surface area contributed by atoms with E-state index in [4.69, 9.17) is 0 Å². The zero-order valence-electron chi connectivity index (χ0n) is 9.66. The van der Waals surface area contributed by atoms with Crippen molar-refractivity contribution in [2.45, 2.75) is 26.9 Å². The molecule has 16 heavy (non-hydrogen) atoms. The summed E-state index contributed by atoms with van der Waals surface area (Å²) in [6.07, 6.45) is 1.85. The van der Waals surface area contributed by atoms with E-state index in [1.54, 1.807) is 11.3 Å². The third kappa shape index (κ3) is 3.15. The number of rotatable bonds is 4. The first kappa shape index (κ1) is 11.3. The zero-order chi connectivity index (χ0) is 11.4. The Labute approximate surface area is 100 Å². The van der Waals surface area contributed by atoms with Crippen LogP contribution in [-0.2, 0) is 13.1 Å². The molecule has 2 rings (SSSR count). The molecule has 1 aromatic heterocycles. The highest BCUT2D eigenvalue weighted by Gasteiger charge is 1.97. The Morgan fingerprint density at radius 3 is 2.50 bits per heavy atom. The maximum Gasteiger partial charge on any atom is 0.106 e. The first-order valence-electron chi connectivity index (χ1n) is 5.40. The zero-order valence-corrected chi connectivity index (χ0v) is 10.5. The molecule has 0 aliphatic carbocycles. The van der Waals surface area contributed by atoms with Gasteiger partial charge in [-0.05, 0) is 19.4 Å². The molecule has 2 nitrogen and oxygen atoms in total. The van der Waals surface area contributed by atoms with Crippen LogP contribution < -0.4 is 5.32 Å². The van der Waals surface area contributed by atoms with E-state index in [1.807, 2.05) is 11.6 Å². The number of thiazole rings is 1. The Morgan fingerprint density at radius 2 is 1.88 bits per heavy atom. The van der Waals surface area contributed by atoms with E-state index >= 15 is 0 Å². The Kier molecular flexibility index (Phi) is 3.70. The Morgan fingerprint density at radius 1 is 1.12 bits per heavy atom. The number of aryl methyl sites for hydroxylation is 2. The first-order chi connectivity index (χ1) is 7.74. The van der Waals surface area contributed by atoms with Crippen molar-refractivity contribution in [1.29, 1.82) is 0 Å². The van der Waals surface area contributed by atoms with Gasteiger partial charge in [-0.25, -0.2) is 4.98 Å². The van der Waals surface area contributed by atoms with Gasteiger partial charge in [0.15, 0.2) is 0 Å². The number of nitrogens with zero attached hydrogens (tertiary/aromatic N) is 1. The number of nitrogens with one attached hydrogen (secondary N) is 1. The molecule has 0 saturated carbocycles. The minimum atomic E-state index is 0.852. The van der Waals surface area contributed by atoms with E-state index in [9.17, 15) is 0 Å². The van der Waals surface area contributed by atoms with Crippen molar-refractivity contribution in [1.82, 2.24) is 10.3 Å². The predicted molar refractivity (Wildman–Crippen MR) is 68.6 cm³/mol. The second kappa shape index (κ2) is 5.23. The molecule has 0 unspecified atom stereocenters. The number of benzene rings is 1. The highest BCUT2D eigenvalue weighted by atomic mass is 32.1. The Bertz CT molecular complexity index is 429. The van der Waals surface area contributed by atoms with E-state index in [0.717, 1.165) is 18.1 Å². The third-order valence-electron chi connectivity index (χ3n) is 2.37. The van der Waals surface area contributed by atoms with Crippen LogP contribution in [0, 0.1) is 13.8 Å². The van der Waals surface area contributed by atoms with Gasteiger partial charge in [0.2, 0.25) is 0 Å². The minimum absolute atomic E-state index is 0.852. The van der Waals surface area contributed by atoms with E-state index in [2.05, 4.69) is 42.3 Å². The van der Waals surface area contributed by atoms with Gasteiger partial charge in [0.05, 0.1) is 0 Å². The van der Waals surface area contributed by atoms with Crippen LogP contribution in [0.25, 0.3) is 0 Å². The van der Waals surface area contributed by atoms with Gasteiger partial charge in [-0.15, -0.1) is 11.3 Å². The van der Waals surface area contributed by atoms with Crippen LogP contribution in [-0.4, -0.2) is 4.98 Å². The molecule has 1 heterocycles. The standard InChI is InChI=1S/C13H16N2S/c1-10-5-11(2)7-12(6-10)8-14-9-13-15-3-4-16-13/h3-7,14H,8-9H2,1-2H3. The molecule has 0 saturated heterocycles. The molecule has 0 bridgehead atoms. The Balaban J connectivity index is 1.89. The highest BCUT2D eigenvalue weighted by Crippen LogP contribution is 2.09. The quantitative estimate of drug-likeness (QED) is 0.876. The maximum atomic E-state index is 4.24. The van der Waals surface area contributed by atoms with Crippen LogP contribution in [0.4, 0.5) is 0 Å². The van der Waals surface area contributed by atoms with Crippen LogP contribution >= 0.6 is 11.3 Å². The monoisotopic (exact) mass is 232 g/mol. The average Bonchev–Trinajstić information content (AvgIpc) is 2.69. The number of aromatic nitrogens is 1. The normalized spacial score (nSPS) is 10.6. The molecule has 0 fully saturated rings. The summed E-state index contributed by atoms with van der Waals surface area (Å²) in [7, 11) is 0. The number of hydrogen-bond donors (Lipinski definition) is 1. The van der Waals surface area contributed by atoms with E-state index in [-0.39, 0.29) is 0 Å². The smallest absolute Gasteiger partial charge is 0.106 e. The highest BCUT2D eigenvalue weighted by molar-refractivity contribution is 7.09. The van der Waals surface area contributed by atoms with Gasteiger partial charge in [0.1, 0.15) is 5.01 Å². The van der Waals surface area contributed by atoms with Crippen molar-refractivity contribution < 1.29 is 0 Å². The lowest BCUT2D eigenvalue weighted by molar-refractivity contribution is 0.689. The molecule has 1 aromatic carbocycles. The van der Waals surface area contributed by atoms with Crippen molar-refractivity contribution in [3.8, 4) is 0 Å². The van der Waals surface area contributed by atoms with E-state index in [1.165, 1.54) is 16.7 Å². The molecule has 0 amide bonds. The molecule has 84 valence electrons. The van der Waals surface area contributed by atoms with Crippen molar-refractivity contribution >= 4 is 11.3 Å². The average molecular weight is 232 g/mol. The van der Waals surface area contributed by atoms with Crippen molar-refractivity contribution in [3.63, 3.8) is 0 Å². The lowest BCUT2D eigenvalue weighted by Gasteiger charge is -2.05. The summed E-state index contributed by atoms with van der Waals surface area (Å²) in [5.74, 6) is 0. The summed E-state index contributed by atoms with van der Waals surface area (Å²) in [5.41, 5.74) is 3.99. The van der Waals surface area contributed by atoms with Gasteiger partial charge in [-0.3, -0.25) is 0 Å². The van der Waals surface area contributed by atoms with E-state index in [0.29, 0.717) is 0 Å². The molecular weight excluding hydrogens is 216 g/mol. The van der Waals surface area contributed by atoms with Gasteiger partial charge >= 0.3 is 0 Å². The lowest BCUT2D eigenvalue weighted by Crippen LogP contribution is -2.12. The van der Waals surface area contributed by atoms with Crippen molar-refractivity contribution in [2.24, 2.45) is 0 Å². The second-order valence-electron chi connectivity index (χ2n) is 4.03. The SMILES string of the molecule is Cc1cc(C)cc(CNCc2nccs2)c1. The second-order valence-corrected chi connectivity index (χ2v) is 5.00. The summed E-state index contributed by atoms with van der Waals surface area (Å²) < 4.78 is 0. The van der Waals surface area contributed by atoms with Crippen LogP contribution in [0.2, 0.25) is 0 Å². The summed E-state index contributed by atoms with van der Waals surface area (Å²) in [4.78, 5) is 4.24. The van der Waals surface area contributed by atoms with Crippen molar-refractivity contribution in [3.05, 3.63) is 51.5 Å². The van der Waals surface area contributed by atoms with Crippen LogP contribution in [0.3, 0.4) is 0 Å². The summed E-state index contributed by atoms with van der Waals surface area (Å²) in [6, 6.07) is 6.65. The summed E-state index contributed by atoms with van der Waals surface area (Å²) >= 11 is 1.69. The van der Waals surface area contributed by atoms with Gasteiger partial charge < -0.3 is 5.32 Å². The van der Waals surface area contributed by atoms with Crippen LogP contribution in [0.5, 0.6) is 0 Å². The van der Waals surface area contributed by atoms with Crippen LogP contribution in [0.15, 0.2) is 29.8 Å². The third-order valence-corrected chi connectivity index (χ3v) is 3.15. The molecule has 0 spiro atoms. The molecular formula is C13H16N2S. The fourth-order valence-corrected chi connectivity index (χ4v) is 2.41. The molecule has 3 heteroatoms. The topological polar surface area (TPSA) is 24.9 Å². The number of hydrogen-bond acceptors (Lipinski definition) is 3. The molecule has 0 aliphatic rings. The molecule has 0 radical (unpaired) electrons. The maximum absolute atomic E-state index is 4.24. The minimum Gasteiger partial charge on any atom is -0.306 e. The fourth-order valence-electron chi connectivity index (χ4n) is 1.83. The molecule has 1 N–H and O–H groups in total. The largest absolute Gasteiger partial charge is 0.306 e. The molecule has 2 aromatic rings. The Hall–Kier alpha value is -1.19. The molecule has 0 atom stereocenters. The van der Waals surface area contributed by atoms with Gasteiger partial charge in [0.25, 0.3) is 0 Å².